The van der Waals surface area contributed by atoms with Gasteiger partial charge in [0.2, 0.25) is 0 Å². The summed E-state index contributed by atoms with van der Waals surface area (Å²) in [5, 5.41) is 12.6. The van der Waals surface area contributed by atoms with Crippen LogP contribution in [-0.2, 0) is 20.8 Å². The van der Waals surface area contributed by atoms with Crippen molar-refractivity contribution in [2.45, 2.75) is 13.3 Å². The van der Waals surface area contributed by atoms with Crippen molar-refractivity contribution in [3.8, 4) is 5.75 Å². The van der Waals surface area contributed by atoms with Gasteiger partial charge in [0.05, 0.1) is 21.7 Å². The first-order valence-electron chi connectivity index (χ1n) is 9.03. The standard InChI is InChI=1S/C21H16Cl2N2O6/c1-2-11-3-5-13(6-4-11)25-20(29)14(19(28)24-21(25)30)7-12-8-15(22)18(16(23)9-12)31-10-17(26)27/h3-9H,2,10H2,1H3,(H,26,27)(H,24,28,30)/p-1/b14-7+. The van der Waals surface area contributed by atoms with Gasteiger partial charge in [0.15, 0.2) is 5.75 Å². The number of benzene rings is 2. The molecule has 0 bridgehead atoms. The van der Waals surface area contributed by atoms with Crippen LogP contribution in [-0.4, -0.2) is 30.4 Å². The number of urea groups is 1. The van der Waals surface area contributed by atoms with Crippen molar-refractivity contribution in [3.63, 3.8) is 0 Å². The fourth-order valence-corrected chi connectivity index (χ4v) is 3.48. The van der Waals surface area contributed by atoms with E-state index < -0.39 is 30.4 Å². The Morgan fingerprint density at radius 2 is 1.74 bits per heavy atom. The maximum atomic E-state index is 12.9. The largest absolute Gasteiger partial charge is 0.546 e. The van der Waals surface area contributed by atoms with E-state index in [1.165, 1.54) is 18.2 Å². The van der Waals surface area contributed by atoms with Crippen molar-refractivity contribution in [1.82, 2.24) is 5.32 Å². The first-order valence-corrected chi connectivity index (χ1v) is 9.79. The first kappa shape index (κ1) is 22.3. The number of nitrogens with zero attached hydrogens (tertiary/aromatic N) is 1. The van der Waals surface area contributed by atoms with Crippen LogP contribution in [0.1, 0.15) is 18.1 Å². The van der Waals surface area contributed by atoms with E-state index in [1.807, 2.05) is 6.92 Å². The van der Waals surface area contributed by atoms with Gasteiger partial charge in [0.25, 0.3) is 11.8 Å². The SMILES string of the molecule is CCc1ccc(N2C(=O)NC(=O)/C(=C\c3cc(Cl)c(OCC(=O)[O-])c(Cl)c3)C2=O)cc1. The average molecular weight is 462 g/mol. The molecule has 0 radical (unpaired) electrons. The van der Waals surface area contributed by atoms with E-state index in [9.17, 15) is 24.3 Å². The number of hydrogen-bond donors (Lipinski definition) is 1. The highest BCUT2D eigenvalue weighted by atomic mass is 35.5. The van der Waals surface area contributed by atoms with Crippen molar-refractivity contribution >= 4 is 58.8 Å². The Balaban J connectivity index is 1.95. The van der Waals surface area contributed by atoms with Crippen LogP contribution in [0, 0.1) is 0 Å². The van der Waals surface area contributed by atoms with Crippen LogP contribution in [0.15, 0.2) is 42.0 Å². The quantitative estimate of drug-likeness (QED) is 0.521. The molecule has 4 amide bonds. The Labute approximate surface area is 187 Å². The third-order valence-corrected chi connectivity index (χ3v) is 4.93. The number of aliphatic carboxylic acids is 1. The predicted octanol–water partition coefficient (Wildman–Crippen LogP) is 2.35. The molecule has 1 heterocycles. The highest BCUT2D eigenvalue weighted by Gasteiger charge is 2.36. The monoisotopic (exact) mass is 461 g/mol. The molecule has 2 aromatic rings. The van der Waals surface area contributed by atoms with Crippen LogP contribution in [0.25, 0.3) is 6.08 Å². The molecular weight excluding hydrogens is 447 g/mol. The molecule has 0 saturated carbocycles. The van der Waals surface area contributed by atoms with Crippen LogP contribution in [0.4, 0.5) is 10.5 Å². The van der Waals surface area contributed by atoms with Gasteiger partial charge in [-0.25, -0.2) is 9.69 Å². The summed E-state index contributed by atoms with van der Waals surface area (Å²) in [4.78, 5) is 48.9. The number of hydrogen-bond acceptors (Lipinski definition) is 6. The van der Waals surface area contributed by atoms with E-state index in [2.05, 4.69) is 5.32 Å². The minimum atomic E-state index is -1.46. The second-order valence-corrected chi connectivity index (χ2v) is 7.27. The molecule has 31 heavy (non-hydrogen) atoms. The van der Waals surface area contributed by atoms with Gasteiger partial charge in [-0.05, 0) is 47.9 Å². The van der Waals surface area contributed by atoms with E-state index in [1.54, 1.807) is 24.3 Å². The Kier molecular flexibility index (Phi) is 6.62. The molecule has 2 aromatic carbocycles. The lowest BCUT2D eigenvalue weighted by Crippen LogP contribution is -2.54. The Morgan fingerprint density at radius 1 is 1.13 bits per heavy atom. The van der Waals surface area contributed by atoms with E-state index >= 15 is 0 Å². The highest BCUT2D eigenvalue weighted by Crippen LogP contribution is 2.35. The molecule has 0 aliphatic carbocycles. The van der Waals surface area contributed by atoms with E-state index in [0.29, 0.717) is 5.69 Å². The molecular formula is C21H15Cl2N2O6-. The lowest BCUT2D eigenvalue weighted by Gasteiger charge is -2.26. The topological polar surface area (TPSA) is 116 Å². The molecule has 8 nitrogen and oxygen atoms in total. The number of carboxylic acids is 1. The Morgan fingerprint density at radius 3 is 2.29 bits per heavy atom. The van der Waals surface area contributed by atoms with Crippen LogP contribution in [0.3, 0.4) is 0 Å². The Hall–Kier alpha value is -3.36. The van der Waals surface area contributed by atoms with Crippen LogP contribution < -0.4 is 20.1 Å². The second kappa shape index (κ2) is 9.20. The number of barbiturate groups is 1. The van der Waals surface area contributed by atoms with E-state index in [4.69, 9.17) is 27.9 Å². The van der Waals surface area contributed by atoms with Crippen molar-refractivity contribution in [1.29, 1.82) is 0 Å². The fraction of sp³-hybridized carbons (Fsp3) is 0.143. The highest BCUT2D eigenvalue weighted by molar-refractivity contribution is 6.40. The maximum absolute atomic E-state index is 12.9. The first-order chi connectivity index (χ1) is 14.7. The van der Waals surface area contributed by atoms with Crippen LogP contribution >= 0.6 is 23.2 Å². The number of ether oxygens (including phenoxy) is 1. The molecule has 0 unspecified atom stereocenters. The number of amides is 4. The normalized spacial score (nSPS) is 15.3. The lowest BCUT2D eigenvalue weighted by molar-refractivity contribution is -0.307. The molecule has 1 fully saturated rings. The van der Waals surface area contributed by atoms with Crippen LogP contribution in [0.5, 0.6) is 5.75 Å². The summed E-state index contributed by atoms with van der Waals surface area (Å²) in [6.45, 7) is 1.22. The lowest BCUT2D eigenvalue weighted by atomic mass is 10.1. The second-order valence-electron chi connectivity index (χ2n) is 6.45. The van der Waals surface area contributed by atoms with Crippen molar-refractivity contribution in [2.24, 2.45) is 0 Å². The zero-order valence-electron chi connectivity index (χ0n) is 16.1. The summed E-state index contributed by atoms with van der Waals surface area (Å²) in [6.07, 6.45) is 2.01. The number of carbonyl (C=O) groups is 4. The minimum absolute atomic E-state index is 0.0349. The van der Waals surface area contributed by atoms with Gasteiger partial charge < -0.3 is 14.6 Å². The van der Waals surface area contributed by atoms with Gasteiger partial charge >= 0.3 is 6.03 Å². The number of carboxylic acid groups (broad SMARTS) is 1. The third kappa shape index (κ3) is 4.87. The smallest absolute Gasteiger partial charge is 0.335 e. The molecule has 1 saturated heterocycles. The van der Waals surface area contributed by atoms with Gasteiger partial charge in [-0.15, -0.1) is 0 Å². The number of rotatable bonds is 6. The summed E-state index contributed by atoms with van der Waals surface area (Å²) in [5.74, 6) is -3.23. The van der Waals surface area contributed by atoms with Gasteiger partial charge in [0, 0.05) is 0 Å². The number of imide groups is 2. The third-order valence-electron chi connectivity index (χ3n) is 4.37. The van der Waals surface area contributed by atoms with Gasteiger partial charge in [0.1, 0.15) is 12.2 Å². The van der Waals surface area contributed by atoms with Crippen molar-refractivity contribution in [2.75, 3.05) is 11.5 Å². The maximum Gasteiger partial charge on any atom is 0.335 e. The summed E-state index contributed by atoms with van der Waals surface area (Å²) in [6, 6.07) is 8.59. The van der Waals surface area contributed by atoms with Crippen molar-refractivity contribution < 1.29 is 29.0 Å². The molecule has 0 aromatic heterocycles. The van der Waals surface area contributed by atoms with Gasteiger partial charge in [-0.2, -0.15) is 0 Å². The summed E-state index contributed by atoms with van der Waals surface area (Å²) < 4.78 is 4.98. The Bertz CT molecular complexity index is 1090. The molecule has 3 rings (SSSR count). The molecule has 1 aliphatic heterocycles. The summed E-state index contributed by atoms with van der Waals surface area (Å²) >= 11 is 12.2. The average Bonchev–Trinajstić information content (AvgIpc) is 2.70. The number of anilines is 1. The number of halogens is 2. The fourth-order valence-electron chi connectivity index (χ4n) is 2.87. The van der Waals surface area contributed by atoms with Gasteiger partial charge in [-0.3, -0.25) is 14.9 Å². The molecule has 0 spiro atoms. The summed E-state index contributed by atoms with van der Waals surface area (Å²) in [5.41, 5.74) is 1.28. The molecule has 0 atom stereocenters. The van der Waals surface area contributed by atoms with E-state index in [-0.39, 0.29) is 26.9 Å². The van der Waals surface area contributed by atoms with Gasteiger partial charge in [-0.1, -0.05) is 42.3 Å². The summed E-state index contributed by atoms with van der Waals surface area (Å²) in [7, 11) is 0. The number of nitrogens with one attached hydrogen (secondary N) is 1. The van der Waals surface area contributed by atoms with E-state index in [0.717, 1.165) is 16.9 Å². The molecule has 1 N–H and O–H groups in total. The zero-order chi connectivity index (χ0) is 22.7. The molecule has 160 valence electrons. The van der Waals surface area contributed by atoms with Crippen LogP contribution in [0.2, 0.25) is 10.0 Å². The van der Waals surface area contributed by atoms with Crippen molar-refractivity contribution in [3.05, 3.63) is 63.1 Å². The molecule has 1 aliphatic rings. The predicted molar refractivity (Wildman–Crippen MR) is 112 cm³/mol. The zero-order valence-corrected chi connectivity index (χ0v) is 17.6. The number of aryl methyl sites for hydroxylation is 1. The minimum Gasteiger partial charge on any atom is -0.546 e. The molecule has 10 heteroatoms. The number of carbonyl (C=O) groups excluding carboxylic acids is 4.